The maximum absolute atomic E-state index is 9.34. The third kappa shape index (κ3) is 2.04. The second-order valence-corrected chi connectivity index (χ2v) is 4.25. The summed E-state index contributed by atoms with van der Waals surface area (Å²) in [5, 5.41) is 31.1. The molecule has 0 saturated heterocycles. The molecule has 0 fully saturated rings. The smallest absolute Gasteiger partial charge is 0.131 e. The van der Waals surface area contributed by atoms with Gasteiger partial charge in [-0.15, -0.1) is 0 Å². The number of para-hydroxylation sites is 1. The molecular weight excluding hydrogens is 220 g/mol. The van der Waals surface area contributed by atoms with Gasteiger partial charge in [0.1, 0.15) is 6.17 Å². The van der Waals surface area contributed by atoms with E-state index in [0.29, 0.717) is 0 Å². The second kappa shape index (κ2) is 4.83. The normalized spacial score (nSPS) is 18.6. The predicted molar refractivity (Wildman–Crippen MR) is 65.1 cm³/mol. The lowest BCUT2D eigenvalue weighted by Crippen LogP contribution is -2.49. The van der Waals surface area contributed by atoms with Crippen molar-refractivity contribution in [2.24, 2.45) is 10.4 Å². The van der Waals surface area contributed by atoms with Crippen molar-refractivity contribution in [3.05, 3.63) is 29.8 Å². The van der Waals surface area contributed by atoms with Crippen LogP contribution >= 0.6 is 0 Å². The first-order valence-corrected chi connectivity index (χ1v) is 5.47. The Bertz CT molecular complexity index is 408. The van der Waals surface area contributed by atoms with Crippen molar-refractivity contribution in [1.29, 1.82) is 0 Å². The van der Waals surface area contributed by atoms with Crippen LogP contribution in [-0.4, -0.2) is 47.5 Å². The van der Waals surface area contributed by atoms with E-state index in [4.69, 9.17) is 0 Å². The third-order valence-corrected chi connectivity index (χ3v) is 3.14. The number of aliphatic hydroxyl groups is 3. The minimum atomic E-state index is -1.05. The van der Waals surface area contributed by atoms with Gasteiger partial charge in [-0.25, -0.2) is 0 Å². The van der Waals surface area contributed by atoms with Gasteiger partial charge in [-0.1, -0.05) is 18.2 Å². The summed E-state index contributed by atoms with van der Waals surface area (Å²) in [6.07, 6.45) is 1.16. The number of hydrogen-bond donors (Lipinski definition) is 4. The number of rotatable bonds is 4. The molecule has 1 aromatic carbocycles. The van der Waals surface area contributed by atoms with Gasteiger partial charge in [0.05, 0.1) is 25.2 Å². The van der Waals surface area contributed by atoms with E-state index in [-0.39, 0.29) is 19.8 Å². The molecule has 0 amide bonds. The summed E-state index contributed by atoms with van der Waals surface area (Å²) < 4.78 is 0. The highest BCUT2D eigenvalue weighted by molar-refractivity contribution is 5.89. The molecule has 92 valence electrons. The molecule has 0 spiro atoms. The molecule has 0 radical (unpaired) electrons. The molecule has 1 aromatic rings. The molecule has 4 N–H and O–H groups in total. The Balaban J connectivity index is 2.28. The Kier molecular flexibility index (Phi) is 3.42. The van der Waals surface area contributed by atoms with Gasteiger partial charge in [-0.05, 0) is 6.07 Å². The van der Waals surface area contributed by atoms with E-state index in [1.165, 1.54) is 0 Å². The van der Waals surface area contributed by atoms with Gasteiger partial charge < -0.3 is 20.6 Å². The van der Waals surface area contributed by atoms with Crippen molar-refractivity contribution in [3.8, 4) is 0 Å². The largest absolute Gasteiger partial charge is 0.395 e. The fraction of sp³-hybridized carbons (Fsp3) is 0.417. The number of benzene rings is 1. The van der Waals surface area contributed by atoms with Gasteiger partial charge in [0.15, 0.2) is 0 Å². The molecule has 1 aliphatic heterocycles. The summed E-state index contributed by atoms with van der Waals surface area (Å²) in [4.78, 5) is 4.24. The first-order chi connectivity index (χ1) is 8.25. The maximum atomic E-state index is 9.34. The van der Waals surface area contributed by atoms with Crippen LogP contribution < -0.4 is 5.32 Å². The van der Waals surface area contributed by atoms with Crippen LogP contribution in [0.25, 0.3) is 0 Å². The van der Waals surface area contributed by atoms with Crippen LogP contribution in [0.3, 0.4) is 0 Å². The average molecular weight is 236 g/mol. The first-order valence-electron chi connectivity index (χ1n) is 5.47. The van der Waals surface area contributed by atoms with E-state index in [9.17, 15) is 15.3 Å². The molecule has 0 bridgehead atoms. The van der Waals surface area contributed by atoms with Crippen LogP contribution in [0.2, 0.25) is 0 Å². The van der Waals surface area contributed by atoms with E-state index in [1.54, 1.807) is 6.21 Å². The van der Waals surface area contributed by atoms with Gasteiger partial charge in [-0.3, -0.25) is 4.99 Å². The predicted octanol–water partition coefficient (Wildman–Crippen LogP) is -0.180. The molecule has 17 heavy (non-hydrogen) atoms. The average Bonchev–Trinajstić information content (AvgIpc) is 2.41. The number of hydrogen-bond acceptors (Lipinski definition) is 5. The van der Waals surface area contributed by atoms with Crippen molar-refractivity contribution in [2.75, 3.05) is 25.1 Å². The summed E-state index contributed by atoms with van der Waals surface area (Å²) in [7, 11) is 0. The standard InChI is InChI=1S/C12H16N2O3/c15-6-12(7-16,8-17)11-13-5-9-3-1-2-4-10(9)14-11/h1-5,11,14-17H,6-8H2. The van der Waals surface area contributed by atoms with Crippen LogP contribution in [-0.2, 0) is 0 Å². The zero-order valence-corrected chi connectivity index (χ0v) is 9.37. The lowest BCUT2D eigenvalue weighted by Gasteiger charge is -2.36. The van der Waals surface area contributed by atoms with Crippen LogP contribution in [0.5, 0.6) is 0 Å². The summed E-state index contributed by atoms with van der Waals surface area (Å²) in [5.74, 6) is 0. The molecule has 1 atom stereocenters. The Hall–Kier alpha value is -1.43. The summed E-state index contributed by atoms with van der Waals surface area (Å²) in [6.45, 7) is -1.01. The Morgan fingerprint density at radius 1 is 1.12 bits per heavy atom. The lowest BCUT2D eigenvalue weighted by atomic mass is 9.86. The third-order valence-electron chi connectivity index (χ3n) is 3.14. The van der Waals surface area contributed by atoms with Crippen molar-refractivity contribution in [2.45, 2.75) is 6.17 Å². The SMILES string of the molecule is OCC(CO)(CO)C1N=Cc2ccccc2N1. The zero-order valence-electron chi connectivity index (χ0n) is 9.37. The van der Waals surface area contributed by atoms with Gasteiger partial charge in [-0.2, -0.15) is 0 Å². The summed E-state index contributed by atoms with van der Waals surface area (Å²) >= 11 is 0. The van der Waals surface area contributed by atoms with Crippen molar-refractivity contribution in [1.82, 2.24) is 0 Å². The fourth-order valence-corrected chi connectivity index (χ4v) is 1.80. The number of aliphatic hydroxyl groups excluding tert-OH is 3. The molecule has 5 nitrogen and oxygen atoms in total. The molecule has 0 aromatic heterocycles. The number of fused-ring (bicyclic) bond motifs is 1. The molecule has 1 aliphatic rings. The minimum absolute atomic E-state index is 0.336. The maximum Gasteiger partial charge on any atom is 0.131 e. The van der Waals surface area contributed by atoms with Crippen LogP contribution in [0.1, 0.15) is 5.56 Å². The molecule has 5 heteroatoms. The van der Waals surface area contributed by atoms with Gasteiger partial charge in [0.2, 0.25) is 0 Å². The quantitative estimate of drug-likeness (QED) is 0.584. The van der Waals surface area contributed by atoms with E-state index in [1.807, 2.05) is 24.3 Å². The second-order valence-electron chi connectivity index (χ2n) is 4.25. The van der Waals surface area contributed by atoms with Gasteiger partial charge in [0, 0.05) is 17.5 Å². The van der Waals surface area contributed by atoms with E-state index < -0.39 is 11.6 Å². The topological polar surface area (TPSA) is 85.1 Å². The monoisotopic (exact) mass is 236 g/mol. The first kappa shape index (κ1) is 12.0. The van der Waals surface area contributed by atoms with Crippen molar-refractivity contribution < 1.29 is 15.3 Å². The molecule has 0 aliphatic carbocycles. The summed E-state index contributed by atoms with van der Waals surface area (Å²) in [5.41, 5.74) is 0.781. The van der Waals surface area contributed by atoms with E-state index in [0.717, 1.165) is 11.3 Å². The summed E-state index contributed by atoms with van der Waals surface area (Å²) in [6, 6.07) is 7.61. The molecule has 1 heterocycles. The molecule has 2 rings (SSSR count). The molecular formula is C12H16N2O3. The van der Waals surface area contributed by atoms with Crippen molar-refractivity contribution in [3.63, 3.8) is 0 Å². The fourth-order valence-electron chi connectivity index (χ4n) is 1.80. The van der Waals surface area contributed by atoms with Crippen molar-refractivity contribution >= 4 is 11.9 Å². The minimum Gasteiger partial charge on any atom is -0.395 e. The van der Waals surface area contributed by atoms with Crippen LogP contribution in [0.4, 0.5) is 5.69 Å². The highest BCUT2D eigenvalue weighted by Crippen LogP contribution is 2.29. The number of nitrogens with zero attached hydrogens (tertiary/aromatic N) is 1. The van der Waals surface area contributed by atoms with E-state index in [2.05, 4.69) is 10.3 Å². The van der Waals surface area contributed by atoms with Crippen LogP contribution in [0, 0.1) is 5.41 Å². The lowest BCUT2D eigenvalue weighted by molar-refractivity contribution is -0.00649. The Labute approximate surface area is 99.4 Å². The molecule has 1 unspecified atom stereocenters. The number of nitrogens with one attached hydrogen (secondary N) is 1. The van der Waals surface area contributed by atoms with Gasteiger partial charge >= 0.3 is 0 Å². The highest BCUT2D eigenvalue weighted by Gasteiger charge is 2.38. The zero-order chi connectivity index (χ0) is 12.3. The van der Waals surface area contributed by atoms with Crippen LogP contribution in [0.15, 0.2) is 29.3 Å². The number of anilines is 1. The van der Waals surface area contributed by atoms with E-state index >= 15 is 0 Å². The Morgan fingerprint density at radius 3 is 2.41 bits per heavy atom. The Morgan fingerprint density at radius 2 is 1.76 bits per heavy atom. The highest BCUT2D eigenvalue weighted by atomic mass is 16.3. The number of aliphatic imine (C=N–C) groups is 1. The molecule has 0 saturated carbocycles. The van der Waals surface area contributed by atoms with Gasteiger partial charge in [0.25, 0.3) is 0 Å².